The van der Waals surface area contributed by atoms with Gasteiger partial charge in [-0.3, -0.25) is 4.98 Å². The summed E-state index contributed by atoms with van der Waals surface area (Å²) >= 11 is 0. The molecule has 0 saturated heterocycles. The molecule has 0 aliphatic heterocycles. The lowest BCUT2D eigenvalue weighted by Gasteiger charge is -2.10. The van der Waals surface area contributed by atoms with E-state index in [1.54, 1.807) is 24.4 Å². The topological polar surface area (TPSA) is 70.9 Å². The van der Waals surface area contributed by atoms with E-state index in [9.17, 15) is 4.39 Å². The average molecular weight is 324 g/mol. The third-order valence-electron chi connectivity index (χ3n) is 3.40. The molecule has 3 aromatic rings. The molecule has 0 saturated carbocycles. The molecule has 6 heteroatoms. The predicted molar refractivity (Wildman–Crippen MR) is 90.8 cm³/mol. The largest absolute Gasteiger partial charge is 0.396 e. The number of pyridine rings is 1. The summed E-state index contributed by atoms with van der Waals surface area (Å²) in [6.45, 7) is 0.702. The summed E-state index contributed by atoms with van der Waals surface area (Å²) in [6, 6.07) is 13.5. The Bertz CT molecular complexity index is 794. The van der Waals surface area contributed by atoms with Crippen LogP contribution in [0.25, 0.3) is 22.8 Å². The van der Waals surface area contributed by atoms with Crippen molar-refractivity contribution in [2.75, 3.05) is 18.5 Å². The molecule has 2 heterocycles. The normalized spacial score (nSPS) is 10.6. The van der Waals surface area contributed by atoms with Crippen LogP contribution in [0.3, 0.4) is 0 Å². The lowest BCUT2D eigenvalue weighted by atomic mass is 10.1. The van der Waals surface area contributed by atoms with Crippen LogP contribution in [-0.4, -0.2) is 33.2 Å². The first-order valence-electron chi connectivity index (χ1n) is 7.67. The summed E-state index contributed by atoms with van der Waals surface area (Å²) in [5, 5.41) is 12.1. The second-order valence-corrected chi connectivity index (χ2v) is 5.19. The van der Waals surface area contributed by atoms with E-state index < -0.39 is 0 Å². The number of benzene rings is 1. The average Bonchev–Trinajstić information content (AvgIpc) is 2.63. The molecule has 0 radical (unpaired) electrons. The monoisotopic (exact) mass is 324 g/mol. The number of nitrogens with zero attached hydrogens (tertiary/aromatic N) is 3. The van der Waals surface area contributed by atoms with Crippen molar-refractivity contribution in [2.45, 2.75) is 6.42 Å². The maximum atomic E-state index is 13.2. The van der Waals surface area contributed by atoms with Gasteiger partial charge in [0.2, 0.25) is 0 Å². The Morgan fingerprint density at radius 1 is 1.00 bits per heavy atom. The third kappa shape index (κ3) is 3.91. The summed E-state index contributed by atoms with van der Waals surface area (Å²) in [4.78, 5) is 13.3. The first kappa shape index (κ1) is 16.0. The van der Waals surface area contributed by atoms with E-state index in [1.165, 1.54) is 12.1 Å². The highest BCUT2D eigenvalue weighted by molar-refractivity contribution is 5.66. The number of aliphatic hydroxyl groups excluding tert-OH is 1. The minimum absolute atomic E-state index is 0.107. The van der Waals surface area contributed by atoms with Crippen LogP contribution in [0.2, 0.25) is 0 Å². The van der Waals surface area contributed by atoms with Crippen molar-refractivity contribution < 1.29 is 9.50 Å². The van der Waals surface area contributed by atoms with Crippen LogP contribution in [0.5, 0.6) is 0 Å². The fraction of sp³-hybridized carbons (Fsp3) is 0.167. The fourth-order valence-electron chi connectivity index (χ4n) is 2.21. The highest BCUT2D eigenvalue weighted by Crippen LogP contribution is 2.23. The first-order valence-corrected chi connectivity index (χ1v) is 7.67. The van der Waals surface area contributed by atoms with Crippen molar-refractivity contribution >= 4 is 5.82 Å². The molecule has 1 aromatic carbocycles. The molecule has 24 heavy (non-hydrogen) atoms. The number of aliphatic hydroxyl groups is 1. The molecule has 0 aliphatic rings. The third-order valence-corrected chi connectivity index (χ3v) is 3.40. The summed E-state index contributed by atoms with van der Waals surface area (Å²) < 4.78 is 13.2. The van der Waals surface area contributed by atoms with Crippen molar-refractivity contribution in [2.24, 2.45) is 0 Å². The molecule has 2 N–H and O–H groups in total. The second kappa shape index (κ2) is 7.61. The van der Waals surface area contributed by atoms with Crippen LogP contribution in [0, 0.1) is 5.82 Å². The molecule has 5 nitrogen and oxygen atoms in total. The van der Waals surface area contributed by atoms with Crippen LogP contribution >= 0.6 is 0 Å². The Balaban J connectivity index is 2.00. The van der Waals surface area contributed by atoms with Gasteiger partial charge in [0.05, 0.1) is 5.69 Å². The van der Waals surface area contributed by atoms with Crippen LogP contribution in [0.15, 0.2) is 54.7 Å². The zero-order valence-electron chi connectivity index (χ0n) is 13.0. The molecule has 0 aliphatic carbocycles. The number of hydrogen-bond donors (Lipinski definition) is 2. The number of anilines is 1. The molecule has 0 atom stereocenters. The molecular weight excluding hydrogens is 307 g/mol. The summed E-state index contributed by atoms with van der Waals surface area (Å²) in [5.74, 6) is 0.835. The lowest BCUT2D eigenvalue weighted by Crippen LogP contribution is -2.07. The maximum Gasteiger partial charge on any atom is 0.180 e. The molecule has 3 rings (SSSR count). The van der Waals surface area contributed by atoms with Gasteiger partial charge in [-0.25, -0.2) is 14.4 Å². The van der Waals surface area contributed by atoms with E-state index >= 15 is 0 Å². The van der Waals surface area contributed by atoms with Crippen molar-refractivity contribution in [3.8, 4) is 22.8 Å². The second-order valence-electron chi connectivity index (χ2n) is 5.19. The van der Waals surface area contributed by atoms with Gasteiger partial charge in [-0.2, -0.15) is 0 Å². The van der Waals surface area contributed by atoms with Gasteiger partial charge in [0, 0.05) is 31.0 Å². The van der Waals surface area contributed by atoms with Crippen LogP contribution < -0.4 is 5.32 Å². The Hall–Kier alpha value is -2.86. The molecule has 0 amide bonds. The molecule has 0 fully saturated rings. The Morgan fingerprint density at radius 3 is 2.54 bits per heavy atom. The number of halogens is 1. The SMILES string of the molecule is OCCCNc1cc(-c2ccc(F)cc2)nc(-c2ccccn2)n1. The maximum absolute atomic E-state index is 13.2. The highest BCUT2D eigenvalue weighted by atomic mass is 19.1. The number of nitrogens with one attached hydrogen (secondary N) is 1. The van der Waals surface area contributed by atoms with E-state index in [1.807, 2.05) is 18.2 Å². The van der Waals surface area contributed by atoms with Gasteiger partial charge < -0.3 is 10.4 Å². The first-order chi connectivity index (χ1) is 11.8. The predicted octanol–water partition coefficient (Wildman–Crippen LogP) is 3.14. The zero-order chi connectivity index (χ0) is 16.8. The van der Waals surface area contributed by atoms with Crippen LogP contribution in [0.4, 0.5) is 10.2 Å². The van der Waals surface area contributed by atoms with Crippen LogP contribution in [-0.2, 0) is 0 Å². The van der Waals surface area contributed by atoms with E-state index in [-0.39, 0.29) is 12.4 Å². The summed E-state index contributed by atoms with van der Waals surface area (Å²) in [5.41, 5.74) is 2.13. The van der Waals surface area contributed by atoms with Gasteiger partial charge in [0.25, 0.3) is 0 Å². The van der Waals surface area contributed by atoms with E-state index in [2.05, 4.69) is 20.3 Å². The Kier molecular flexibility index (Phi) is 5.08. The van der Waals surface area contributed by atoms with E-state index in [4.69, 9.17) is 5.11 Å². The quantitative estimate of drug-likeness (QED) is 0.682. The Morgan fingerprint density at radius 2 is 1.83 bits per heavy atom. The molecule has 122 valence electrons. The standard InChI is InChI=1S/C18H17FN4O/c19-14-7-5-13(6-8-14)16-12-17(21-10-3-11-24)23-18(22-16)15-4-1-2-9-20-15/h1-2,4-9,12,24H,3,10-11H2,(H,21,22,23). The van der Waals surface area contributed by atoms with Gasteiger partial charge in [0.15, 0.2) is 5.82 Å². The fourth-order valence-corrected chi connectivity index (χ4v) is 2.21. The van der Waals surface area contributed by atoms with Crippen molar-refractivity contribution in [3.63, 3.8) is 0 Å². The zero-order valence-corrected chi connectivity index (χ0v) is 13.0. The van der Waals surface area contributed by atoms with Crippen LogP contribution in [0.1, 0.15) is 6.42 Å². The van der Waals surface area contributed by atoms with Crippen molar-refractivity contribution in [3.05, 3.63) is 60.5 Å². The number of hydrogen-bond acceptors (Lipinski definition) is 5. The van der Waals surface area contributed by atoms with Crippen molar-refractivity contribution in [1.29, 1.82) is 0 Å². The minimum atomic E-state index is -0.293. The Labute approximate surface area is 139 Å². The van der Waals surface area contributed by atoms with Gasteiger partial charge in [-0.05, 0) is 42.8 Å². The summed E-state index contributed by atoms with van der Waals surface area (Å²) in [6.07, 6.45) is 2.30. The molecule has 0 spiro atoms. The van der Waals surface area contributed by atoms with E-state index in [0.717, 1.165) is 5.56 Å². The van der Waals surface area contributed by atoms with E-state index in [0.29, 0.717) is 36.0 Å². The lowest BCUT2D eigenvalue weighted by molar-refractivity contribution is 0.292. The van der Waals surface area contributed by atoms with Gasteiger partial charge in [-0.15, -0.1) is 0 Å². The molecular formula is C18H17FN4O. The number of rotatable bonds is 6. The van der Waals surface area contributed by atoms with Crippen molar-refractivity contribution in [1.82, 2.24) is 15.0 Å². The molecule has 2 aromatic heterocycles. The molecule has 0 unspecified atom stereocenters. The molecule has 0 bridgehead atoms. The minimum Gasteiger partial charge on any atom is -0.396 e. The highest BCUT2D eigenvalue weighted by Gasteiger charge is 2.09. The smallest absolute Gasteiger partial charge is 0.180 e. The summed E-state index contributed by atoms with van der Waals surface area (Å²) in [7, 11) is 0. The van der Waals surface area contributed by atoms with Gasteiger partial charge in [0.1, 0.15) is 17.3 Å². The van der Waals surface area contributed by atoms with Gasteiger partial charge in [-0.1, -0.05) is 6.07 Å². The van der Waals surface area contributed by atoms with Gasteiger partial charge >= 0.3 is 0 Å². The number of aromatic nitrogens is 3.